The van der Waals surface area contributed by atoms with Gasteiger partial charge in [0.25, 0.3) is 0 Å². The highest BCUT2D eigenvalue weighted by Crippen LogP contribution is 2.04. The largest absolute Gasteiger partial charge is 0.384 e. The molecule has 0 saturated carbocycles. The van der Waals surface area contributed by atoms with E-state index in [1.807, 2.05) is 31.2 Å². The molecule has 0 atom stereocenters. The van der Waals surface area contributed by atoms with Crippen molar-refractivity contribution < 1.29 is 0 Å². The predicted octanol–water partition coefficient (Wildman–Crippen LogP) is 1.90. The highest BCUT2D eigenvalue weighted by Gasteiger charge is 1.96. The zero-order valence-electron chi connectivity index (χ0n) is 6.29. The van der Waals surface area contributed by atoms with E-state index in [0.717, 1.165) is 11.1 Å². The van der Waals surface area contributed by atoms with Gasteiger partial charge in [-0.2, -0.15) is 0 Å². The van der Waals surface area contributed by atoms with Gasteiger partial charge in [-0.1, -0.05) is 24.3 Å². The number of halogens is 1. The minimum absolute atomic E-state index is 0. The van der Waals surface area contributed by atoms with Crippen molar-refractivity contribution in [2.75, 3.05) is 0 Å². The summed E-state index contributed by atoms with van der Waals surface area (Å²) in [5.74, 6) is 0.137. The lowest BCUT2D eigenvalue weighted by molar-refractivity contribution is 1.37. The van der Waals surface area contributed by atoms with Crippen LogP contribution in [0.2, 0.25) is 0 Å². The lowest BCUT2D eigenvalue weighted by Crippen LogP contribution is -2.12. The van der Waals surface area contributed by atoms with Crippen LogP contribution in [-0.4, -0.2) is 5.84 Å². The van der Waals surface area contributed by atoms with Crippen LogP contribution in [0.4, 0.5) is 0 Å². The fourth-order valence-electron chi connectivity index (χ4n) is 0.875. The molecule has 0 fully saturated rings. The van der Waals surface area contributed by atoms with Gasteiger partial charge in [0.05, 0.1) is 0 Å². The minimum Gasteiger partial charge on any atom is -0.384 e. The average Bonchev–Trinajstić information content (AvgIpc) is 1.88. The highest BCUT2D eigenvalue weighted by molar-refractivity contribution is 14.0. The van der Waals surface area contributed by atoms with Crippen molar-refractivity contribution in [1.82, 2.24) is 0 Å². The van der Waals surface area contributed by atoms with Gasteiger partial charge in [-0.25, -0.2) is 0 Å². The second-order valence-corrected chi connectivity index (χ2v) is 2.23. The first-order chi connectivity index (χ1) is 4.72. The number of nitrogens with one attached hydrogen (secondary N) is 1. The van der Waals surface area contributed by atoms with E-state index < -0.39 is 0 Å². The molecule has 0 aliphatic carbocycles. The molecule has 0 aliphatic rings. The van der Waals surface area contributed by atoms with E-state index in [0.29, 0.717) is 0 Å². The Morgan fingerprint density at radius 1 is 1.36 bits per heavy atom. The number of aryl methyl sites for hydroxylation is 1. The summed E-state index contributed by atoms with van der Waals surface area (Å²) >= 11 is 0. The molecule has 0 radical (unpaired) electrons. The lowest BCUT2D eigenvalue weighted by Gasteiger charge is -2.00. The molecule has 0 heterocycles. The van der Waals surface area contributed by atoms with E-state index in [-0.39, 0.29) is 29.8 Å². The quantitative estimate of drug-likeness (QED) is 0.453. The molecule has 60 valence electrons. The summed E-state index contributed by atoms with van der Waals surface area (Å²) in [6, 6.07) is 7.60. The summed E-state index contributed by atoms with van der Waals surface area (Å²) in [6.45, 7) is 1.94. The molecular formula is C8H11IN2. The molecule has 0 aromatic heterocycles. The zero-order chi connectivity index (χ0) is 7.56. The third-order valence-corrected chi connectivity index (χ3v) is 1.44. The van der Waals surface area contributed by atoms with Crippen molar-refractivity contribution in [2.24, 2.45) is 5.73 Å². The van der Waals surface area contributed by atoms with E-state index in [1.165, 1.54) is 0 Å². The maximum Gasteiger partial charge on any atom is 0.123 e. The van der Waals surface area contributed by atoms with E-state index in [1.54, 1.807) is 0 Å². The molecule has 1 aromatic rings. The van der Waals surface area contributed by atoms with E-state index >= 15 is 0 Å². The molecule has 3 heteroatoms. The van der Waals surface area contributed by atoms with Crippen molar-refractivity contribution in [2.45, 2.75) is 6.92 Å². The average molecular weight is 262 g/mol. The first-order valence-corrected chi connectivity index (χ1v) is 3.12. The molecule has 1 aromatic carbocycles. The molecule has 0 bridgehead atoms. The predicted molar refractivity (Wildman–Crippen MR) is 57.6 cm³/mol. The van der Waals surface area contributed by atoms with Gasteiger partial charge in [0, 0.05) is 5.56 Å². The van der Waals surface area contributed by atoms with Crippen molar-refractivity contribution >= 4 is 29.8 Å². The molecule has 1 rings (SSSR count). The molecule has 0 unspecified atom stereocenters. The minimum atomic E-state index is 0. The van der Waals surface area contributed by atoms with Gasteiger partial charge in [0.1, 0.15) is 5.84 Å². The van der Waals surface area contributed by atoms with Crippen LogP contribution >= 0.6 is 24.0 Å². The van der Waals surface area contributed by atoms with Crippen molar-refractivity contribution in [3.8, 4) is 0 Å². The molecule has 0 aliphatic heterocycles. The molecule has 0 amide bonds. The van der Waals surface area contributed by atoms with Gasteiger partial charge >= 0.3 is 0 Å². The second-order valence-electron chi connectivity index (χ2n) is 2.23. The van der Waals surface area contributed by atoms with Crippen LogP contribution in [-0.2, 0) is 0 Å². The third kappa shape index (κ3) is 2.49. The van der Waals surface area contributed by atoms with Gasteiger partial charge in [-0.15, -0.1) is 24.0 Å². The van der Waals surface area contributed by atoms with Crippen LogP contribution in [0, 0.1) is 12.3 Å². The summed E-state index contributed by atoms with van der Waals surface area (Å²) < 4.78 is 0. The summed E-state index contributed by atoms with van der Waals surface area (Å²) in [5, 5.41) is 7.15. The second kappa shape index (κ2) is 4.33. The third-order valence-electron chi connectivity index (χ3n) is 1.44. The molecule has 0 spiro atoms. The van der Waals surface area contributed by atoms with Gasteiger partial charge in [-0.05, 0) is 12.5 Å². The van der Waals surface area contributed by atoms with Gasteiger partial charge in [0.15, 0.2) is 0 Å². The number of nitrogens with two attached hydrogens (primary N) is 1. The number of hydrogen-bond donors (Lipinski definition) is 2. The topological polar surface area (TPSA) is 49.9 Å². The fourth-order valence-corrected chi connectivity index (χ4v) is 0.875. The van der Waals surface area contributed by atoms with Crippen LogP contribution in [0.3, 0.4) is 0 Å². The van der Waals surface area contributed by atoms with E-state index in [4.69, 9.17) is 11.1 Å². The van der Waals surface area contributed by atoms with Crippen molar-refractivity contribution in [1.29, 1.82) is 5.41 Å². The van der Waals surface area contributed by atoms with E-state index in [2.05, 4.69) is 0 Å². The number of hydrogen-bond acceptors (Lipinski definition) is 1. The Balaban J connectivity index is 0.000001000. The maximum atomic E-state index is 7.15. The first kappa shape index (κ1) is 10.4. The first-order valence-electron chi connectivity index (χ1n) is 3.12. The van der Waals surface area contributed by atoms with Crippen LogP contribution in [0.15, 0.2) is 24.3 Å². The summed E-state index contributed by atoms with van der Waals surface area (Å²) in [7, 11) is 0. The summed E-state index contributed by atoms with van der Waals surface area (Å²) in [6.07, 6.45) is 0. The van der Waals surface area contributed by atoms with Gasteiger partial charge in [0.2, 0.25) is 0 Å². The SMILES string of the molecule is Cc1ccccc1C(=N)N.I. The van der Waals surface area contributed by atoms with Crippen LogP contribution in [0.25, 0.3) is 0 Å². The lowest BCUT2D eigenvalue weighted by atomic mass is 10.1. The molecule has 3 N–H and O–H groups in total. The van der Waals surface area contributed by atoms with Crippen molar-refractivity contribution in [3.05, 3.63) is 35.4 Å². The Kier molecular flexibility index (Phi) is 4.10. The standard InChI is InChI=1S/C8H10N2.HI/c1-6-4-2-3-5-7(6)8(9)10;/h2-5H,1H3,(H3,9,10);1H. The Bertz CT molecular complexity index is 258. The van der Waals surface area contributed by atoms with Crippen LogP contribution in [0.1, 0.15) is 11.1 Å². The Labute approximate surface area is 83.3 Å². The Hall–Kier alpha value is -0.580. The molecule has 0 saturated heterocycles. The van der Waals surface area contributed by atoms with E-state index in [9.17, 15) is 0 Å². The van der Waals surface area contributed by atoms with Crippen molar-refractivity contribution in [3.63, 3.8) is 0 Å². The molecule has 2 nitrogen and oxygen atoms in total. The Morgan fingerprint density at radius 2 is 1.91 bits per heavy atom. The summed E-state index contributed by atoms with van der Waals surface area (Å²) in [5.41, 5.74) is 7.17. The number of amidine groups is 1. The molecular weight excluding hydrogens is 251 g/mol. The molecule has 11 heavy (non-hydrogen) atoms. The van der Waals surface area contributed by atoms with Crippen LogP contribution in [0.5, 0.6) is 0 Å². The fraction of sp³-hybridized carbons (Fsp3) is 0.125. The number of rotatable bonds is 1. The Morgan fingerprint density at radius 3 is 2.27 bits per heavy atom. The van der Waals surface area contributed by atoms with Crippen LogP contribution < -0.4 is 5.73 Å². The van der Waals surface area contributed by atoms with Gasteiger partial charge < -0.3 is 5.73 Å². The maximum absolute atomic E-state index is 7.15. The smallest absolute Gasteiger partial charge is 0.123 e. The van der Waals surface area contributed by atoms with Gasteiger partial charge in [-0.3, -0.25) is 5.41 Å². The summed E-state index contributed by atoms with van der Waals surface area (Å²) in [4.78, 5) is 0. The monoisotopic (exact) mass is 262 g/mol. The highest BCUT2D eigenvalue weighted by atomic mass is 127. The number of nitrogen functional groups attached to an aromatic ring is 1. The zero-order valence-corrected chi connectivity index (χ0v) is 8.63. The number of benzene rings is 1. The normalized spacial score (nSPS) is 8.45.